The Hall–Kier alpha value is -2.76. The zero-order valence-electron chi connectivity index (χ0n) is 17.6. The van der Waals surface area contributed by atoms with Gasteiger partial charge in [0, 0.05) is 0 Å². The predicted molar refractivity (Wildman–Crippen MR) is 121 cm³/mol. The van der Waals surface area contributed by atoms with Crippen molar-refractivity contribution in [2.75, 3.05) is 12.4 Å². The number of unbranched alkanes of at least 4 members (excludes halogenated alkanes) is 7. The molecule has 2 aromatic carbocycles. The zero-order chi connectivity index (χ0) is 22.4. The minimum Gasteiger partial charge on any atom is -0.494 e. The second-order valence-corrected chi connectivity index (χ2v) is 8.89. The van der Waals surface area contributed by atoms with Gasteiger partial charge in [-0.15, -0.1) is 0 Å². The van der Waals surface area contributed by atoms with E-state index in [9.17, 15) is 8.42 Å². The Balaban J connectivity index is 1.54. The molecule has 0 amide bonds. The van der Waals surface area contributed by atoms with Gasteiger partial charge >= 0.3 is 0 Å². The average molecular weight is 444 g/mol. The molecule has 0 spiro atoms. The van der Waals surface area contributed by atoms with Crippen molar-refractivity contribution in [3.63, 3.8) is 0 Å². The molecule has 0 fully saturated rings. The number of hydrogen-bond donors (Lipinski definition) is 1. The summed E-state index contributed by atoms with van der Waals surface area (Å²) in [6.07, 6.45) is 7.81. The molecule has 0 unspecified atom stereocenters. The average Bonchev–Trinajstić information content (AvgIpc) is 2.76. The van der Waals surface area contributed by atoms with Crippen molar-refractivity contribution >= 4 is 21.5 Å². The number of benzene rings is 2. The first kappa shape index (κ1) is 24.5. The fourth-order valence-electron chi connectivity index (χ4n) is 2.96. The number of nitriles is 1. The Morgan fingerprint density at radius 2 is 1.26 bits per heavy atom. The van der Waals surface area contributed by atoms with Crippen LogP contribution in [-0.4, -0.2) is 25.3 Å². The van der Waals surface area contributed by atoms with Gasteiger partial charge in [0.25, 0.3) is 10.1 Å². The molecule has 8 heteroatoms. The molecule has 0 aliphatic carbocycles. The molecule has 0 aliphatic heterocycles. The lowest BCUT2D eigenvalue weighted by Gasteiger charge is -2.06. The molecule has 0 atom stereocenters. The molecule has 7 nitrogen and oxygen atoms in total. The van der Waals surface area contributed by atoms with Crippen molar-refractivity contribution in [1.82, 2.24) is 0 Å². The van der Waals surface area contributed by atoms with Crippen LogP contribution in [0.2, 0.25) is 0 Å². The van der Waals surface area contributed by atoms with Crippen LogP contribution in [-0.2, 0) is 10.1 Å². The van der Waals surface area contributed by atoms with Gasteiger partial charge in [-0.25, -0.2) is 0 Å². The van der Waals surface area contributed by atoms with Crippen molar-refractivity contribution < 1.29 is 17.7 Å². The van der Waals surface area contributed by atoms with Gasteiger partial charge in [0.1, 0.15) is 5.75 Å². The van der Waals surface area contributed by atoms with Gasteiger partial charge in [-0.3, -0.25) is 4.55 Å². The zero-order valence-corrected chi connectivity index (χ0v) is 18.4. The van der Waals surface area contributed by atoms with Crippen LogP contribution in [0.4, 0.5) is 11.4 Å². The molecule has 0 aliphatic rings. The first-order valence-electron chi connectivity index (χ1n) is 10.6. The molecule has 0 radical (unpaired) electrons. The third-order valence-corrected chi connectivity index (χ3v) is 5.48. The molecular weight excluding hydrogens is 414 g/mol. The summed E-state index contributed by atoms with van der Waals surface area (Å²) in [6.45, 7) is 0.667. The fraction of sp³-hybridized carbons (Fsp3) is 0.435. The fourth-order valence-corrected chi connectivity index (χ4v) is 3.53. The van der Waals surface area contributed by atoms with Crippen LogP contribution < -0.4 is 4.74 Å². The van der Waals surface area contributed by atoms with Gasteiger partial charge in [-0.1, -0.05) is 38.5 Å². The van der Waals surface area contributed by atoms with Crippen molar-refractivity contribution in [3.8, 4) is 11.8 Å². The van der Waals surface area contributed by atoms with Crippen molar-refractivity contribution in [2.45, 2.75) is 51.4 Å². The van der Waals surface area contributed by atoms with Crippen molar-refractivity contribution in [2.24, 2.45) is 10.2 Å². The standard InChI is InChI=1S/C23H29N3O4S/c24-19-20-9-11-21(12-10-20)25-26-22-13-15-23(16-14-22)30-17-7-5-3-1-2-4-6-8-18-31(27,28)29/h9-16H,1-8,17-18H2,(H,27,28,29). The van der Waals surface area contributed by atoms with Crippen LogP contribution in [0, 0.1) is 11.3 Å². The van der Waals surface area contributed by atoms with Gasteiger partial charge in [-0.05, 0) is 61.4 Å². The molecule has 0 heterocycles. The van der Waals surface area contributed by atoms with Crippen LogP contribution in [0.15, 0.2) is 58.8 Å². The van der Waals surface area contributed by atoms with Crippen molar-refractivity contribution in [3.05, 3.63) is 54.1 Å². The SMILES string of the molecule is N#Cc1ccc(N=Nc2ccc(OCCCCCCCCCCS(=O)(=O)O)cc2)cc1. The summed E-state index contributed by atoms with van der Waals surface area (Å²) in [5.74, 6) is 0.668. The van der Waals surface area contributed by atoms with Crippen LogP contribution in [0.1, 0.15) is 56.9 Å². The number of hydrogen-bond acceptors (Lipinski definition) is 6. The maximum Gasteiger partial charge on any atom is 0.264 e. The highest BCUT2D eigenvalue weighted by atomic mass is 32.2. The minimum absolute atomic E-state index is 0.134. The number of ether oxygens (including phenoxy) is 1. The van der Waals surface area contributed by atoms with Gasteiger partial charge in [0.15, 0.2) is 0 Å². The molecule has 2 rings (SSSR count). The molecule has 0 bridgehead atoms. The molecule has 1 N–H and O–H groups in total. The lowest BCUT2D eigenvalue weighted by atomic mass is 10.1. The summed E-state index contributed by atoms with van der Waals surface area (Å²) in [5, 5.41) is 17.1. The molecular formula is C23H29N3O4S. The maximum absolute atomic E-state index is 10.6. The van der Waals surface area contributed by atoms with E-state index in [1.54, 1.807) is 24.3 Å². The smallest absolute Gasteiger partial charge is 0.264 e. The Kier molecular flexibility index (Phi) is 10.7. The summed E-state index contributed by atoms with van der Waals surface area (Å²) in [7, 11) is -3.81. The Bertz CT molecular complexity index is 950. The first-order chi connectivity index (χ1) is 15.0. The third kappa shape index (κ3) is 11.3. The van der Waals surface area contributed by atoms with Crippen molar-refractivity contribution in [1.29, 1.82) is 5.26 Å². The largest absolute Gasteiger partial charge is 0.494 e. The molecule has 166 valence electrons. The van der Waals surface area contributed by atoms with E-state index in [1.165, 1.54) is 0 Å². The highest BCUT2D eigenvalue weighted by Gasteiger charge is 2.03. The Labute approximate surface area is 184 Å². The third-order valence-electron chi connectivity index (χ3n) is 4.68. The van der Waals surface area contributed by atoms with E-state index in [0.717, 1.165) is 56.4 Å². The normalized spacial score (nSPS) is 11.5. The van der Waals surface area contributed by atoms with Crippen LogP contribution in [0.25, 0.3) is 0 Å². The van der Waals surface area contributed by atoms with Crippen LogP contribution in [0.3, 0.4) is 0 Å². The predicted octanol–water partition coefficient (Wildman–Crippen LogP) is 6.36. The topological polar surface area (TPSA) is 112 Å². The van der Waals surface area contributed by atoms with Gasteiger partial charge in [-0.2, -0.15) is 23.9 Å². The highest BCUT2D eigenvalue weighted by Crippen LogP contribution is 2.22. The van der Waals surface area contributed by atoms with E-state index >= 15 is 0 Å². The molecule has 0 saturated carbocycles. The summed E-state index contributed by atoms with van der Waals surface area (Å²) < 4.78 is 35.6. The van der Waals surface area contributed by atoms with E-state index in [1.807, 2.05) is 24.3 Å². The molecule has 31 heavy (non-hydrogen) atoms. The summed E-state index contributed by atoms with van der Waals surface area (Å²) in [5.41, 5.74) is 2.01. The van der Waals surface area contributed by atoms with E-state index < -0.39 is 10.1 Å². The Morgan fingerprint density at radius 3 is 1.77 bits per heavy atom. The molecule has 0 saturated heterocycles. The van der Waals surface area contributed by atoms with E-state index in [4.69, 9.17) is 14.6 Å². The number of azo groups is 1. The second-order valence-electron chi connectivity index (χ2n) is 7.32. The lowest BCUT2D eigenvalue weighted by Crippen LogP contribution is -2.03. The van der Waals surface area contributed by atoms with Crippen LogP contribution >= 0.6 is 0 Å². The summed E-state index contributed by atoms with van der Waals surface area (Å²) in [4.78, 5) is 0. The lowest BCUT2D eigenvalue weighted by molar-refractivity contribution is 0.304. The van der Waals surface area contributed by atoms with Gasteiger partial charge in [0.05, 0.1) is 35.4 Å². The highest BCUT2D eigenvalue weighted by molar-refractivity contribution is 7.85. The number of rotatable bonds is 14. The summed E-state index contributed by atoms with van der Waals surface area (Å²) in [6, 6.07) is 16.4. The maximum atomic E-state index is 10.6. The van der Waals surface area contributed by atoms with E-state index in [2.05, 4.69) is 16.3 Å². The van der Waals surface area contributed by atoms with E-state index in [-0.39, 0.29) is 5.75 Å². The van der Waals surface area contributed by atoms with E-state index in [0.29, 0.717) is 24.3 Å². The second kappa shape index (κ2) is 13.5. The first-order valence-corrected chi connectivity index (χ1v) is 12.2. The molecule has 2 aromatic rings. The Morgan fingerprint density at radius 1 is 0.774 bits per heavy atom. The quantitative estimate of drug-likeness (QED) is 0.207. The van der Waals surface area contributed by atoms with Gasteiger partial charge < -0.3 is 4.74 Å². The molecule has 0 aromatic heterocycles. The summed E-state index contributed by atoms with van der Waals surface area (Å²) >= 11 is 0. The number of nitrogens with zero attached hydrogens (tertiary/aromatic N) is 3. The van der Waals surface area contributed by atoms with Crippen LogP contribution in [0.5, 0.6) is 5.75 Å². The van der Waals surface area contributed by atoms with Gasteiger partial charge in [0.2, 0.25) is 0 Å². The minimum atomic E-state index is -3.81. The monoisotopic (exact) mass is 443 g/mol.